The van der Waals surface area contributed by atoms with Crippen molar-refractivity contribution in [2.75, 3.05) is 32.1 Å². The lowest BCUT2D eigenvalue weighted by molar-refractivity contribution is 0.252. The van der Waals surface area contributed by atoms with Crippen LogP contribution in [0.15, 0.2) is 17.5 Å². The molecule has 1 aromatic rings. The largest absolute Gasteiger partial charge is 0.409 e. The van der Waals surface area contributed by atoms with Crippen molar-refractivity contribution in [1.29, 1.82) is 0 Å². The third-order valence-electron chi connectivity index (χ3n) is 3.61. The van der Waals surface area contributed by atoms with E-state index < -0.39 is 0 Å². The van der Waals surface area contributed by atoms with Gasteiger partial charge in [-0.05, 0) is 33.0 Å². The number of amidine groups is 1. The van der Waals surface area contributed by atoms with Crippen molar-refractivity contribution in [3.05, 3.63) is 18.1 Å². The monoisotopic (exact) mass is 264 g/mol. The minimum absolute atomic E-state index is 0.0269. The summed E-state index contributed by atoms with van der Waals surface area (Å²) in [4.78, 5) is 12.9. The maximum Gasteiger partial charge on any atom is 0.190 e. The summed E-state index contributed by atoms with van der Waals surface area (Å²) in [5.41, 5.74) is 5.83. The smallest absolute Gasteiger partial charge is 0.190 e. The fourth-order valence-corrected chi connectivity index (χ4v) is 2.26. The second-order valence-corrected chi connectivity index (χ2v) is 4.89. The summed E-state index contributed by atoms with van der Waals surface area (Å²) in [7, 11) is 4.17. The van der Waals surface area contributed by atoms with Crippen LogP contribution in [-0.2, 0) is 0 Å². The van der Waals surface area contributed by atoms with Crippen molar-refractivity contribution in [3.63, 3.8) is 0 Å². The molecule has 7 heteroatoms. The SMILES string of the molecule is CN1CCC(N(C)c2cnc(C(N)=NO)cn2)CC1. The van der Waals surface area contributed by atoms with Crippen molar-refractivity contribution in [3.8, 4) is 0 Å². The van der Waals surface area contributed by atoms with E-state index in [-0.39, 0.29) is 5.84 Å². The van der Waals surface area contributed by atoms with E-state index in [1.54, 1.807) is 6.20 Å². The first kappa shape index (κ1) is 13.5. The molecular formula is C12H20N6O. The Bertz CT molecular complexity index is 438. The second-order valence-electron chi connectivity index (χ2n) is 4.89. The van der Waals surface area contributed by atoms with Gasteiger partial charge in [0.15, 0.2) is 5.84 Å². The summed E-state index contributed by atoms with van der Waals surface area (Å²) in [6, 6.07) is 0.486. The Hall–Kier alpha value is -1.89. The summed E-state index contributed by atoms with van der Waals surface area (Å²) in [6.45, 7) is 2.20. The van der Waals surface area contributed by atoms with Crippen LogP contribution in [0.3, 0.4) is 0 Å². The Balaban J connectivity index is 2.05. The lowest BCUT2D eigenvalue weighted by Gasteiger charge is -2.35. The zero-order chi connectivity index (χ0) is 13.8. The van der Waals surface area contributed by atoms with Gasteiger partial charge in [-0.2, -0.15) is 0 Å². The van der Waals surface area contributed by atoms with Gasteiger partial charge in [0, 0.05) is 13.1 Å². The van der Waals surface area contributed by atoms with Crippen LogP contribution in [0.25, 0.3) is 0 Å². The van der Waals surface area contributed by atoms with E-state index in [9.17, 15) is 0 Å². The molecule has 1 saturated heterocycles. The van der Waals surface area contributed by atoms with E-state index >= 15 is 0 Å². The highest BCUT2D eigenvalue weighted by Crippen LogP contribution is 2.19. The number of piperidine rings is 1. The number of nitrogens with two attached hydrogens (primary N) is 1. The number of oxime groups is 1. The molecule has 104 valence electrons. The molecule has 0 spiro atoms. The highest BCUT2D eigenvalue weighted by Gasteiger charge is 2.21. The Kier molecular flexibility index (Phi) is 4.16. The summed E-state index contributed by atoms with van der Waals surface area (Å²) in [5, 5.41) is 11.5. The fraction of sp³-hybridized carbons (Fsp3) is 0.583. The topological polar surface area (TPSA) is 90.9 Å². The van der Waals surface area contributed by atoms with Gasteiger partial charge in [0.1, 0.15) is 11.5 Å². The Morgan fingerprint density at radius 2 is 2.11 bits per heavy atom. The van der Waals surface area contributed by atoms with E-state index in [1.165, 1.54) is 6.20 Å². The molecule has 0 aromatic carbocycles. The van der Waals surface area contributed by atoms with Gasteiger partial charge in [-0.25, -0.2) is 9.97 Å². The Morgan fingerprint density at radius 3 is 2.63 bits per heavy atom. The van der Waals surface area contributed by atoms with Crippen molar-refractivity contribution < 1.29 is 5.21 Å². The van der Waals surface area contributed by atoms with Gasteiger partial charge in [-0.3, -0.25) is 0 Å². The van der Waals surface area contributed by atoms with Crippen LogP contribution in [-0.4, -0.2) is 59.1 Å². The molecule has 1 aliphatic heterocycles. The first-order valence-electron chi connectivity index (χ1n) is 6.33. The van der Waals surface area contributed by atoms with Crippen LogP contribution in [0.4, 0.5) is 5.82 Å². The van der Waals surface area contributed by atoms with Crippen molar-refractivity contribution >= 4 is 11.7 Å². The molecule has 0 aliphatic carbocycles. The number of hydrogen-bond donors (Lipinski definition) is 2. The molecule has 0 amide bonds. The first-order chi connectivity index (χ1) is 9.11. The van der Waals surface area contributed by atoms with Gasteiger partial charge in [0.25, 0.3) is 0 Å². The molecule has 0 radical (unpaired) electrons. The third kappa shape index (κ3) is 3.11. The molecule has 19 heavy (non-hydrogen) atoms. The van der Waals surface area contributed by atoms with Crippen molar-refractivity contribution in [2.45, 2.75) is 18.9 Å². The average molecular weight is 264 g/mol. The van der Waals surface area contributed by atoms with Crippen molar-refractivity contribution in [1.82, 2.24) is 14.9 Å². The standard InChI is InChI=1S/C12H20N6O/c1-17-5-3-9(4-6-17)18(2)11-8-14-10(7-15-11)12(13)16-19/h7-9,19H,3-6H2,1-2H3,(H2,13,16). The molecule has 2 heterocycles. The minimum Gasteiger partial charge on any atom is -0.409 e. The van der Waals surface area contributed by atoms with Crippen LogP contribution in [0.2, 0.25) is 0 Å². The molecule has 7 nitrogen and oxygen atoms in total. The number of likely N-dealkylation sites (tertiary alicyclic amines) is 1. The zero-order valence-electron chi connectivity index (χ0n) is 11.3. The van der Waals surface area contributed by atoms with Crippen molar-refractivity contribution in [2.24, 2.45) is 10.9 Å². The number of nitrogens with zero attached hydrogens (tertiary/aromatic N) is 5. The summed E-state index contributed by atoms with van der Waals surface area (Å²) < 4.78 is 0. The molecule has 0 atom stereocenters. The maximum absolute atomic E-state index is 8.58. The normalized spacial score (nSPS) is 18.5. The number of anilines is 1. The highest BCUT2D eigenvalue weighted by atomic mass is 16.4. The zero-order valence-corrected chi connectivity index (χ0v) is 11.3. The molecule has 1 fully saturated rings. The van der Waals surface area contributed by atoms with Gasteiger partial charge in [0.2, 0.25) is 0 Å². The number of aromatic nitrogens is 2. The molecule has 2 rings (SSSR count). The molecular weight excluding hydrogens is 244 g/mol. The molecule has 1 aromatic heterocycles. The van der Waals surface area contributed by atoms with Gasteiger partial charge in [-0.15, -0.1) is 0 Å². The maximum atomic E-state index is 8.58. The van der Waals surface area contributed by atoms with Gasteiger partial charge < -0.3 is 20.7 Å². The first-order valence-corrected chi connectivity index (χ1v) is 6.33. The van der Waals surface area contributed by atoms with Crippen LogP contribution in [0.5, 0.6) is 0 Å². The quantitative estimate of drug-likeness (QED) is 0.348. The van der Waals surface area contributed by atoms with Crippen LogP contribution >= 0.6 is 0 Å². The summed E-state index contributed by atoms with van der Waals surface area (Å²) in [6.07, 6.45) is 5.43. The summed E-state index contributed by atoms with van der Waals surface area (Å²) in [5.74, 6) is 0.782. The van der Waals surface area contributed by atoms with Gasteiger partial charge >= 0.3 is 0 Å². The molecule has 0 saturated carbocycles. The number of hydrogen-bond acceptors (Lipinski definition) is 6. The van der Waals surface area contributed by atoms with Crippen LogP contribution in [0.1, 0.15) is 18.5 Å². The second kappa shape index (κ2) is 5.83. The van der Waals surface area contributed by atoms with Crippen LogP contribution in [0, 0.1) is 0 Å². The van der Waals surface area contributed by atoms with E-state index in [0.717, 1.165) is 31.7 Å². The third-order valence-corrected chi connectivity index (χ3v) is 3.61. The van der Waals surface area contributed by atoms with E-state index in [1.807, 2.05) is 7.05 Å². The fourth-order valence-electron chi connectivity index (χ4n) is 2.26. The molecule has 0 bridgehead atoms. The van der Waals surface area contributed by atoms with E-state index in [2.05, 4.69) is 32.0 Å². The molecule has 0 unspecified atom stereocenters. The number of rotatable bonds is 3. The van der Waals surface area contributed by atoms with E-state index in [4.69, 9.17) is 10.9 Å². The predicted octanol–water partition coefficient (Wildman–Crippen LogP) is 0.102. The highest BCUT2D eigenvalue weighted by molar-refractivity contribution is 5.94. The lowest BCUT2D eigenvalue weighted by atomic mass is 10.0. The Labute approximate surface area is 112 Å². The molecule has 3 N–H and O–H groups in total. The average Bonchev–Trinajstić information content (AvgIpc) is 2.46. The predicted molar refractivity (Wildman–Crippen MR) is 73.5 cm³/mol. The minimum atomic E-state index is -0.0269. The molecule has 1 aliphatic rings. The van der Waals surface area contributed by atoms with Gasteiger partial charge in [-0.1, -0.05) is 5.16 Å². The van der Waals surface area contributed by atoms with E-state index in [0.29, 0.717) is 11.7 Å². The summed E-state index contributed by atoms with van der Waals surface area (Å²) >= 11 is 0. The Morgan fingerprint density at radius 1 is 1.42 bits per heavy atom. The van der Waals surface area contributed by atoms with Crippen LogP contribution < -0.4 is 10.6 Å². The van der Waals surface area contributed by atoms with Gasteiger partial charge in [0.05, 0.1) is 12.4 Å². The lowest BCUT2D eigenvalue weighted by Crippen LogP contribution is -2.42.